The van der Waals surface area contributed by atoms with Gasteiger partial charge in [0.25, 0.3) is 20.0 Å². The Morgan fingerprint density at radius 3 is 2.45 bits per heavy atom. The summed E-state index contributed by atoms with van der Waals surface area (Å²) in [5.41, 5.74) is 1.67. The van der Waals surface area contributed by atoms with E-state index in [4.69, 9.17) is 11.6 Å². The number of nitrogens with zero attached hydrogens (tertiary/aromatic N) is 1. The molecule has 1 aliphatic rings. The first-order valence-electron chi connectivity index (χ1n) is 8.75. The van der Waals surface area contributed by atoms with Gasteiger partial charge < -0.3 is 0 Å². The minimum Gasteiger partial charge on any atom is -0.280 e. The molecule has 1 aromatic heterocycles. The number of fused-ring (bicyclic) bond motifs is 1. The molecule has 4 rings (SSSR count). The van der Waals surface area contributed by atoms with Crippen LogP contribution in [0.2, 0.25) is 5.02 Å². The van der Waals surface area contributed by atoms with Crippen molar-refractivity contribution in [2.24, 2.45) is 0 Å². The van der Waals surface area contributed by atoms with Crippen LogP contribution in [-0.2, 0) is 26.5 Å². The summed E-state index contributed by atoms with van der Waals surface area (Å²) < 4.78 is 55.6. The molecule has 0 atom stereocenters. The molecule has 10 heteroatoms. The second-order valence-corrected chi connectivity index (χ2v) is 11.7. The molecule has 1 aliphatic heterocycles. The highest BCUT2D eigenvalue weighted by atomic mass is 35.5. The minimum atomic E-state index is -3.83. The van der Waals surface area contributed by atoms with Crippen molar-refractivity contribution < 1.29 is 16.8 Å². The normalized spacial score (nSPS) is 14.4. The number of hydrogen-bond donors (Lipinski definition) is 1. The first kappa shape index (κ1) is 20.2. The topological polar surface area (TPSA) is 83.6 Å². The monoisotopic (exact) mass is 468 g/mol. The van der Waals surface area contributed by atoms with Gasteiger partial charge in [0.1, 0.15) is 4.21 Å². The van der Waals surface area contributed by atoms with Crippen LogP contribution in [0.5, 0.6) is 0 Å². The van der Waals surface area contributed by atoms with Gasteiger partial charge in [0.2, 0.25) is 0 Å². The van der Waals surface area contributed by atoms with Crippen molar-refractivity contribution in [3.63, 3.8) is 0 Å². The van der Waals surface area contributed by atoms with Crippen molar-refractivity contribution in [2.45, 2.75) is 21.9 Å². The highest BCUT2D eigenvalue weighted by molar-refractivity contribution is 7.94. The Labute approximate surface area is 178 Å². The first-order valence-corrected chi connectivity index (χ1v) is 12.9. The summed E-state index contributed by atoms with van der Waals surface area (Å²) in [7, 11) is -7.52. The highest BCUT2D eigenvalue weighted by Crippen LogP contribution is 2.35. The minimum absolute atomic E-state index is 0.0719. The van der Waals surface area contributed by atoms with Crippen molar-refractivity contribution >= 4 is 54.4 Å². The number of aryl methyl sites for hydroxylation is 1. The maximum absolute atomic E-state index is 13.0. The molecule has 1 N–H and O–H groups in total. The lowest BCUT2D eigenvalue weighted by atomic mass is 10.0. The number of rotatable bonds is 5. The van der Waals surface area contributed by atoms with E-state index in [1.165, 1.54) is 28.6 Å². The third kappa shape index (κ3) is 4.00. The number of benzene rings is 2. The van der Waals surface area contributed by atoms with Crippen molar-refractivity contribution in [1.29, 1.82) is 0 Å². The van der Waals surface area contributed by atoms with E-state index in [0.29, 0.717) is 29.4 Å². The summed E-state index contributed by atoms with van der Waals surface area (Å²) in [6, 6.07) is 14.1. The van der Waals surface area contributed by atoms with E-state index in [0.717, 1.165) is 23.3 Å². The van der Waals surface area contributed by atoms with Crippen LogP contribution in [-0.4, -0.2) is 23.4 Å². The Hall–Kier alpha value is -2.07. The molecule has 29 heavy (non-hydrogen) atoms. The molecule has 0 bridgehead atoms. The summed E-state index contributed by atoms with van der Waals surface area (Å²) in [5, 5.41) is 2.15. The fraction of sp³-hybridized carbons (Fsp3) is 0.158. The number of thiophene rings is 1. The quantitative estimate of drug-likeness (QED) is 0.603. The molecule has 152 valence electrons. The van der Waals surface area contributed by atoms with Gasteiger partial charge in [-0.05, 0) is 66.2 Å². The van der Waals surface area contributed by atoms with E-state index < -0.39 is 20.0 Å². The fourth-order valence-electron chi connectivity index (χ4n) is 3.20. The molecule has 2 aromatic carbocycles. The molecule has 0 fully saturated rings. The fourth-order valence-corrected chi connectivity index (χ4v) is 7.01. The summed E-state index contributed by atoms with van der Waals surface area (Å²) in [6.45, 7) is 0.348. The van der Waals surface area contributed by atoms with Gasteiger partial charge in [-0.2, -0.15) is 0 Å². The second kappa shape index (κ2) is 7.64. The smallest absolute Gasteiger partial charge is 0.273 e. The maximum Gasteiger partial charge on any atom is 0.273 e. The molecule has 6 nitrogen and oxygen atoms in total. The number of sulfonamides is 2. The van der Waals surface area contributed by atoms with Gasteiger partial charge in [-0.1, -0.05) is 23.7 Å². The van der Waals surface area contributed by atoms with Gasteiger partial charge in [0.05, 0.1) is 16.3 Å². The van der Waals surface area contributed by atoms with Crippen LogP contribution >= 0.6 is 22.9 Å². The Kier molecular flexibility index (Phi) is 5.32. The zero-order valence-corrected chi connectivity index (χ0v) is 18.3. The van der Waals surface area contributed by atoms with E-state index in [2.05, 4.69) is 4.72 Å². The third-order valence-electron chi connectivity index (χ3n) is 4.58. The zero-order chi connectivity index (χ0) is 20.6. The number of halogens is 1. The van der Waals surface area contributed by atoms with E-state index in [1.54, 1.807) is 35.7 Å². The Bertz CT molecular complexity index is 1240. The zero-order valence-electron chi connectivity index (χ0n) is 15.1. The SMILES string of the molecule is O=S(=O)(Nc1ccc2c(c1)N(S(=O)(=O)c1cccs1)CCC2)c1ccc(Cl)cc1. The average molecular weight is 469 g/mol. The van der Waals surface area contributed by atoms with Crippen molar-refractivity contribution in [3.05, 3.63) is 70.6 Å². The second-order valence-electron chi connectivity index (χ2n) is 6.52. The van der Waals surface area contributed by atoms with Gasteiger partial charge in [-0.3, -0.25) is 9.03 Å². The van der Waals surface area contributed by atoms with E-state index >= 15 is 0 Å². The van der Waals surface area contributed by atoms with E-state index in [-0.39, 0.29) is 9.10 Å². The molecule has 0 spiro atoms. The Balaban J connectivity index is 1.70. The van der Waals surface area contributed by atoms with Crippen LogP contribution in [0.15, 0.2) is 69.1 Å². The highest BCUT2D eigenvalue weighted by Gasteiger charge is 2.30. The van der Waals surface area contributed by atoms with Gasteiger partial charge in [-0.15, -0.1) is 11.3 Å². The summed E-state index contributed by atoms with van der Waals surface area (Å²) in [5.74, 6) is 0. The van der Waals surface area contributed by atoms with Crippen LogP contribution in [0.25, 0.3) is 0 Å². The molecule has 3 aromatic rings. The molecule has 0 aliphatic carbocycles. The van der Waals surface area contributed by atoms with Gasteiger partial charge in [-0.25, -0.2) is 16.8 Å². The molecule has 0 saturated carbocycles. The lowest BCUT2D eigenvalue weighted by Gasteiger charge is -2.30. The predicted octanol–water partition coefficient (Wildman–Crippen LogP) is 4.34. The summed E-state index contributed by atoms with van der Waals surface area (Å²) in [4.78, 5) is 0.0719. The number of hydrogen-bond acceptors (Lipinski definition) is 5. The van der Waals surface area contributed by atoms with Crippen LogP contribution in [0.4, 0.5) is 11.4 Å². The van der Waals surface area contributed by atoms with Crippen molar-refractivity contribution in [3.8, 4) is 0 Å². The molecule has 0 amide bonds. The van der Waals surface area contributed by atoms with E-state index in [1.807, 2.05) is 0 Å². The van der Waals surface area contributed by atoms with Gasteiger partial charge >= 0.3 is 0 Å². The molecule has 0 saturated heterocycles. The van der Waals surface area contributed by atoms with Crippen LogP contribution in [0.3, 0.4) is 0 Å². The molecular formula is C19H17ClN2O4S3. The van der Waals surface area contributed by atoms with Gasteiger partial charge in [0.15, 0.2) is 0 Å². The first-order chi connectivity index (χ1) is 13.8. The number of anilines is 2. The van der Waals surface area contributed by atoms with Crippen LogP contribution in [0.1, 0.15) is 12.0 Å². The molecule has 0 unspecified atom stereocenters. The summed E-state index contributed by atoms with van der Waals surface area (Å²) >= 11 is 6.98. The third-order valence-corrected chi connectivity index (χ3v) is 9.41. The summed E-state index contributed by atoms with van der Waals surface area (Å²) in [6.07, 6.45) is 1.43. The van der Waals surface area contributed by atoms with Crippen molar-refractivity contribution in [1.82, 2.24) is 0 Å². The van der Waals surface area contributed by atoms with Crippen LogP contribution < -0.4 is 9.03 Å². The Morgan fingerprint density at radius 1 is 1.00 bits per heavy atom. The van der Waals surface area contributed by atoms with Crippen molar-refractivity contribution in [2.75, 3.05) is 15.6 Å². The Morgan fingerprint density at radius 2 is 1.76 bits per heavy atom. The molecular weight excluding hydrogens is 452 g/mol. The van der Waals surface area contributed by atoms with Crippen LogP contribution in [0, 0.1) is 0 Å². The molecule has 0 radical (unpaired) electrons. The predicted molar refractivity (Wildman–Crippen MR) is 116 cm³/mol. The average Bonchev–Trinajstić information content (AvgIpc) is 3.23. The lowest BCUT2D eigenvalue weighted by Crippen LogP contribution is -2.35. The lowest BCUT2D eigenvalue weighted by molar-refractivity contribution is 0.588. The molecule has 2 heterocycles. The largest absolute Gasteiger partial charge is 0.280 e. The standard InChI is InChI=1S/C19H17ClN2O4S3/c20-15-6-9-17(10-7-15)28(23,24)21-16-8-5-14-3-1-11-22(18(14)13-16)29(25,26)19-4-2-12-27-19/h2,4-10,12-13,21H,1,3,11H2. The number of nitrogens with one attached hydrogen (secondary N) is 1. The maximum atomic E-state index is 13.0. The van der Waals surface area contributed by atoms with Gasteiger partial charge in [0, 0.05) is 11.6 Å². The van der Waals surface area contributed by atoms with E-state index in [9.17, 15) is 16.8 Å².